The second kappa shape index (κ2) is 4.52. The van der Waals surface area contributed by atoms with Gasteiger partial charge in [-0.15, -0.1) is 0 Å². The zero-order valence-electron chi connectivity index (χ0n) is 3.87. The third-order valence-corrected chi connectivity index (χ3v) is 1.54. The summed E-state index contributed by atoms with van der Waals surface area (Å²) in [6.45, 7) is 0. The van der Waals surface area contributed by atoms with Crippen LogP contribution in [-0.4, -0.2) is 18.2 Å². The Morgan fingerprint density at radius 2 is 1.78 bits per heavy atom. The predicted molar refractivity (Wildman–Crippen MR) is 25.5 cm³/mol. The van der Waals surface area contributed by atoms with E-state index in [1.54, 1.807) is 0 Å². The van der Waals surface area contributed by atoms with E-state index in [0.29, 0.717) is 0 Å². The maximum absolute atomic E-state index is 9.69. The summed E-state index contributed by atoms with van der Waals surface area (Å²) in [4.78, 5) is 15.7. The topological polar surface area (TPSA) is 110 Å². The van der Waals surface area contributed by atoms with Gasteiger partial charge < -0.3 is 9.79 Å². The van der Waals surface area contributed by atoms with E-state index in [4.69, 9.17) is 9.79 Å². The summed E-state index contributed by atoms with van der Waals surface area (Å²) >= 11 is 0. The van der Waals surface area contributed by atoms with E-state index in [1.165, 1.54) is 0 Å². The number of rotatable bonds is 2. The van der Waals surface area contributed by atoms with Gasteiger partial charge in [-0.2, -0.15) is 12.4 Å². The first-order valence-corrected chi connectivity index (χ1v) is 3.95. The molecular weight excluding hydrogens is 216 g/mol. The Hall–Kier alpha value is 0.714. The molecule has 0 aliphatic rings. The van der Waals surface area contributed by atoms with Crippen LogP contribution in [0.2, 0.25) is 0 Å². The summed E-state index contributed by atoms with van der Waals surface area (Å²) in [6, 6.07) is 0. The van der Waals surface area contributed by atoms with Gasteiger partial charge in [0.1, 0.15) is 0 Å². The van der Waals surface area contributed by atoms with E-state index in [2.05, 4.69) is 9.11 Å². The SMILES string of the molecule is NS(=O)(=O)OP(O)O.[Ni]. The van der Waals surface area contributed by atoms with E-state index in [-0.39, 0.29) is 16.5 Å². The Morgan fingerprint density at radius 1 is 1.44 bits per heavy atom. The quantitative estimate of drug-likeness (QED) is 0.384. The third-order valence-electron chi connectivity index (χ3n) is 0.171. The summed E-state index contributed by atoms with van der Waals surface area (Å²) in [7, 11) is -7.10. The van der Waals surface area contributed by atoms with Crippen molar-refractivity contribution in [2.75, 3.05) is 0 Å². The molecule has 4 N–H and O–H groups in total. The Bertz CT molecular complexity index is 150. The molecule has 0 saturated heterocycles. The molecule has 60 valence electrons. The minimum atomic E-state index is -4.19. The van der Waals surface area contributed by atoms with Crippen LogP contribution in [0.15, 0.2) is 0 Å². The Balaban J connectivity index is 0. The molecule has 9 heavy (non-hydrogen) atoms. The first-order valence-electron chi connectivity index (χ1n) is 1.32. The molecule has 0 aromatic carbocycles. The van der Waals surface area contributed by atoms with E-state index in [0.717, 1.165) is 0 Å². The van der Waals surface area contributed by atoms with Crippen molar-refractivity contribution in [1.29, 1.82) is 0 Å². The molecular formula is H4NNiO5PS. The van der Waals surface area contributed by atoms with Gasteiger partial charge in [0.2, 0.25) is 0 Å². The van der Waals surface area contributed by atoms with Crippen LogP contribution in [0.3, 0.4) is 0 Å². The molecule has 0 unspecified atom stereocenters. The van der Waals surface area contributed by atoms with Gasteiger partial charge in [-0.05, 0) is 0 Å². The minimum absolute atomic E-state index is 0. The molecule has 0 atom stereocenters. The number of hydrogen-bond acceptors (Lipinski definition) is 5. The Morgan fingerprint density at radius 3 is 1.78 bits per heavy atom. The molecule has 0 bridgehead atoms. The van der Waals surface area contributed by atoms with Crippen LogP contribution < -0.4 is 5.14 Å². The minimum Gasteiger partial charge on any atom is -0.327 e. The maximum Gasteiger partial charge on any atom is 0.343 e. The fourth-order valence-electron chi connectivity index (χ4n) is 0.0929. The van der Waals surface area contributed by atoms with E-state index < -0.39 is 18.9 Å². The van der Waals surface area contributed by atoms with Crippen LogP contribution in [0.5, 0.6) is 0 Å². The van der Waals surface area contributed by atoms with Crippen molar-refractivity contribution in [3.8, 4) is 0 Å². The average Bonchev–Trinajstić information content (AvgIpc) is 1.21. The summed E-state index contributed by atoms with van der Waals surface area (Å²) in [6.07, 6.45) is 0. The monoisotopic (exact) mass is 219 g/mol. The molecule has 0 fully saturated rings. The molecule has 0 rings (SSSR count). The van der Waals surface area contributed by atoms with E-state index in [1.807, 2.05) is 0 Å². The van der Waals surface area contributed by atoms with Gasteiger partial charge in [0.05, 0.1) is 0 Å². The maximum atomic E-state index is 9.69. The van der Waals surface area contributed by atoms with Gasteiger partial charge in [0, 0.05) is 16.5 Å². The molecule has 0 radical (unpaired) electrons. The van der Waals surface area contributed by atoms with Crippen molar-refractivity contribution in [3.63, 3.8) is 0 Å². The van der Waals surface area contributed by atoms with Gasteiger partial charge in [-0.3, -0.25) is 0 Å². The summed E-state index contributed by atoms with van der Waals surface area (Å²) in [5.41, 5.74) is 0. The fourth-order valence-corrected chi connectivity index (χ4v) is 0.836. The molecule has 0 saturated carbocycles. The molecule has 0 aliphatic heterocycles. The molecule has 0 heterocycles. The van der Waals surface area contributed by atoms with Crippen molar-refractivity contribution < 1.29 is 38.7 Å². The van der Waals surface area contributed by atoms with Crippen LogP contribution in [0.4, 0.5) is 0 Å². The third kappa shape index (κ3) is 12.0. The number of hydrogen-bond donors (Lipinski definition) is 3. The van der Waals surface area contributed by atoms with E-state index in [9.17, 15) is 8.42 Å². The largest absolute Gasteiger partial charge is 0.343 e. The fraction of sp³-hybridized carbons (Fsp3) is 0. The van der Waals surface area contributed by atoms with Crippen molar-refractivity contribution >= 4 is 18.9 Å². The average molecular weight is 220 g/mol. The molecule has 0 aromatic rings. The smallest absolute Gasteiger partial charge is 0.327 e. The van der Waals surface area contributed by atoms with Crippen molar-refractivity contribution in [1.82, 2.24) is 0 Å². The van der Waals surface area contributed by atoms with Crippen LogP contribution in [0.25, 0.3) is 0 Å². The van der Waals surface area contributed by atoms with Crippen LogP contribution in [-0.2, 0) is 30.8 Å². The van der Waals surface area contributed by atoms with Gasteiger partial charge in [0.25, 0.3) is 0 Å². The predicted octanol–water partition coefficient (Wildman–Crippen LogP) is -1.58. The molecule has 0 amide bonds. The Kier molecular flexibility index (Phi) is 6.22. The summed E-state index contributed by atoms with van der Waals surface area (Å²) < 4.78 is 22.8. The van der Waals surface area contributed by atoms with Crippen molar-refractivity contribution in [3.05, 3.63) is 0 Å². The zero-order valence-corrected chi connectivity index (χ0v) is 6.57. The molecule has 0 aliphatic carbocycles. The summed E-state index contributed by atoms with van der Waals surface area (Å²) in [5, 5.41) is 4.18. The normalized spacial score (nSPS) is 11.1. The molecule has 0 spiro atoms. The zero-order chi connectivity index (χ0) is 6.78. The second-order valence-corrected chi connectivity index (χ2v) is 2.91. The first kappa shape index (κ1) is 12.4. The Labute approximate surface area is 63.2 Å². The second-order valence-electron chi connectivity index (χ2n) is 0.820. The van der Waals surface area contributed by atoms with Crippen LogP contribution in [0, 0.1) is 0 Å². The van der Waals surface area contributed by atoms with Gasteiger partial charge >= 0.3 is 18.9 Å². The number of nitrogens with two attached hydrogens (primary N) is 1. The van der Waals surface area contributed by atoms with Crippen LogP contribution >= 0.6 is 8.60 Å². The molecule has 6 nitrogen and oxygen atoms in total. The molecule has 9 heteroatoms. The van der Waals surface area contributed by atoms with Crippen molar-refractivity contribution in [2.45, 2.75) is 0 Å². The summed E-state index contributed by atoms with van der Waals surface area (Å²) in [5.74, 6) is 0. The standard InChI is InChI=1S/H4NO5PS.Ni/c1-8(4,5)6-7(2)3;/h2-3H,(H2,1,4,5);. The van der Waals surface area contributed by atoms with Crippen molar-refractivity contribution in [2.24, 2.45) is 5.14 Å². The first-order chi connectivity index (χ1) is 3.42. The van der Waals surface area contributed by atoms with Gasteiger partial charge in [-0.1, -0.05) is 0 Å². The van der Waals surface area contributed by atoms with Crippen LogP contribution in [0.1, 0.15) is 0 Å². The van der Waals surface area contributed by atoms with E-state index >= 15 is 0 Å². The molecule has 0 aromatic heterocycles. The van der Waals surface area contributed by atoms with Gasteiger partial charge in [0.15, 0.2) is 0 Å². The van der Waals surface area contributed by atoms with Gasteiger partial charge in [-0.25, -0.2) is 5.14 Å².